The van der Waals surface area contributed by atoms with E-state index < -0.39 is 0 Å². The van der Waals surface area contributed by atoms with E-state index in [4.69, 9.17) is 5.73 Å². The van der Waals surface area contributed by atoms with Crippen molar-refractivity contribution < 1.29 is 5.11 Å². The Balaban J connectivity index is 0.000000166. The summed E-state index contributed by atoms with van der Waals surface area (Å²) in [5.74, 6) is 0. The summed E-state index contributed by atoms with van der Waals surface area (Å²) in [6.45, 7) is 1.49. The van der Waals surface area contributed by atoms with Crippen molar-refractivity contribution in [3.63, 3.8) is 0 Å². The number of likely N-dealkylation sites (tertiary alicyclic amines) is 1. The fourth-order valence-electron chi connectivity index (χ4n) is 4.12. The van der Waals surface area contributed by atoms with Crippen LogP contribution in [0.25, 0.3) is 0 Å². The second-order valence-corrected chi connectivity index (χ2v) is 10.2. The van der Waals surface area contributed by atoms with Crippen molar-refractivity contribution in [1.82, 2.24) is 4.90 Å². The molecule has 4 aromatic carbocycles. The molecule has 1 fully saturated rings. The average molecular weight is 580 g/mol. The van der Waals surface area contributed by atoms with Gasteiger partial charge in [0.05, 0.1) is 18.2 Å². The number of aliphatic hydroxyl groups is 1. The third-order valence-corrected chi connectivity index (χ3v) is 7.00. The molecule has 0 aromatic heterocycles. The fraction of sp³-hybridized carbons (Fsp3) is 0.172. The molecule has 0 unspecified atom stereocenters. The molecule has 1 aliphatic heterocycles. The van der Waals surface area contributed by atoms with Gasteiger partial charge >= 0.3 is 0 Å². The molecule has 2 atom stereocenters. The monoisotopic (exact) mass is 578 g/mol. The molecule has 5 rings (SSSR count). The molecule has 3 N–H and O–H groups in total. The van der Waals surface area contributed by atoms with Crippen LogP contribution in [0.5, 0.6) is 0 Å². The van der Waals surface area contributed by atoms with Crippen LogP contribution in [-0.2, 0) is 0 Å². The van der Waals surface area contributed by atoms with Crippen LogP contribution in [0.3, 0.4) is 0 Å². The normalized spacial score (nSPS) is 15.5. The summed E-state index contributed by atoms with van der Waals surface area (Å²) < 4.78 is 2.17. The molecule has 1 aliphatic rings. The van der Waals surface area contributed by atoms with Crippen molar-refractivity contribution in [2.75, 3.05) is 13.1 Å². The maximum absolute atomic E-state index is 9.56. The number of hydrogen-bond donors (Lipinski definition) is 2. The average Bonchev–Trinajstić information content (AvgIpc) is 2.86. The van der Waals surface area contributed by atoms with Crippen molar-refractivity contribution >= 4 is 31.9 Å². The number of nitrogens with zero attached hydrogens (tertiary/aromatic N) is 1. The van der Waals surface area contributed by atoms with Gasteiger partial charge in [0.15, 0.2) is 0 Å². The van der Waals surface area contributed by atoms with E-state index in [1.807, 2.05) is 60.7 Å². The van der Waals surface area contributed by atoms with Crippen molar-refractivity contribution in [1.29, 1.82) is 0 Å². The first-order valence-corrected chi connectivity index (χ1v) is 12.9. The van der Waals surface area contributed by atoms with Crippen molar-refractivity contribution in [2.24, 2.45) is 5.73 Å². The van der Waals surface area contributed by atoms with Gasteiger partial charge in [-0.05, 0) is 46.5 Å². The van der Waals surface area contributed by atoms with E-state index in [0.29, 0.717) is 0 Å². The van der Waals surface area contributed by atoms with E-state index in [9.17, 15) is 5.11 Å². The molecule has 5 heteroatoms. The lowest BCUT2D eigenvalue weighted by Crippen LogP contribution is -2.52. The predicted molar refractivity (Wildman–Crippen MR) is 147 cm³/mol. The highest BCUT2D eigenvalue weighted by Gasteiger charge is 2.32. The van der Waals surface area contributed by atoms with E-state index in [0.717, 1.165) is 33.2 Å². The first kappa shape index (κ1) is 24.8. The van der Waals surface area contributed by atoms with Gasteiger partial charge in [-0.3, -0.25) is 4.90 Å². The van der Waals surface area contributed by atoms with Crippen LogP contribution in [0.15, 0.2) is 118 Å². The van der Waals surface area contributed by atoms with E-state index in [1.54, 1.807) is 0 Å². The maximum atomic E-state index is 9.56. The number of hydrogen-bond acceptors (Lipinski definition) is 3. The number of benzene rings is 4. The number of β-amino-alcohol motifs (C(OH)–C–C–N with tert-alkyl or cyclic N) is 1. The van der Waals surface area contributed by atoms with Gasteiger partial charge in [0.2, 0.25) is 0 Å². The molecule has 0 radical (unpaired) electrons. The number of halogens is 2. The summed E-state index contributed by atoms with van der Waals surface area (Å²) >= 11 is 6.88. The Labute approximate surface area is 218 Å². The Morgan fingerprint density at radius 2 is 1.00 bits per heavy atom. The van der Waals surface area contributed by atoms with E-state index in [1.165, 1.54) is 11.1 Å². The smallest absolute Gasteiger partial charge is 0.0794 e. The van der Waals surface area contributed by atoms with E-state index >= 15 is 0 Å². The first-order valence-electron chi connectivity index (χ1n) is 11.3. The molecule has 4 aromatic rings. The molecule has 174 valence electrons. The highest BCUT2D eigenvalue weighted by molar-refractivity contribution is 9.10. The van der Waals surface area contributed by atoms with Crippen LogP contribution in [0.2, 0.25) is 0 Å². The fourth-order valence-corrected chi connectivity index (χ4v) is 4.64. The lowest BCUT2D eigenvalue weighted by atomic mass is 9.94. The third kappa shape index (κ3) is 6.44. The number of nitrogens with two attached hydrogens (primary N) is 1. The second kappa shape index (κ2) is 11.9. The Morgan fingerprint density at radius 3 is 1.47 bits per heavy atom. The summed E-state index contributed by atoms with van der Waals surface area (Å²) in [6.07, 6.45) is -0.179. The van der Waals surface area contributed by atoms with Gasteiger partial charge < -0.3 is 10.8 Å². The largest absolute Gasteiger partial charge is 0.390 e. The zero-order valence-electron chi connectivity index (χ0n) is 18.8. The Kier molecular flexibility index (Phi) is 8.70. The van der Waals surface area contributed by atoms with Gasteiger partial charge in [0.25, 0.3) is 0 Å². The molecule has 0 saturated carbocycles. The number of rotatable bonds is 5. The summed E-state index contributed by atoms with van der Waals surface area (Å²) in [4.78, 5) is 2.31. The van der Waals surface area contributed by atoms with Crippen LogP contribution in [0, 0.1) is 0 Å². The SMILES string of the molecule is N[C@@H](c1ccccc1)c1ccc(Br)cc1.OC1CN([C@@H](c2ccccc2)c2ccc(Br)cc2)C1. The molecular formula is C29H28Br2N2O. The summed E-state index contributed by atoms with van der Waals surface area (Å²) in [7, 11) is 0. The van der Waals surface area contributed by atoms with Gasteiger partial charge in [-0.2, -0.15) is 0 Å². The zero-order valence-corrected chi connectivity index (χ0v) is 21.9. The van der Waals surface area contributed by atoms with Crippen LogP contribution < -0.4 is 5.73 Å². The van der Waals surface area contributed by atoms with E-state index in [2.05, 4.69) is 85.3 Å². The molecule has 1 heterocycles. The van der Waals surface area contributed by atoms with Crippen LogP contribution in [-0.4, -0.2) is 29.2 Å². The van der Waals surface area contributed by atoms with E-state index in [-0.39, 0.29) is 18.2 Å². The zero-order chi connectivity index (χ0) is 23.9. The molecule has 34 heavy (non-hydrogen) atoms. The molecule has 3 nitrogen and oxygen atoms in total. The minimum atomic E-state index is -0.179. The van der Waals surface area contributed by atoms with Gasteiger partial charge in [-0.25, -0.2) is 0 Å². The van der Waals surface area contributed by atoms with Crippen LogP contribution >= 0.6 is 31.9 Å². The minimum Gasteiger partial charge on any atom is -0.390 e. The Morgan fingerprint density at radius 1 is 0.618 bits per heavy atom. The van der Waals surface area contributed by atoms with Crippen LogP contribution in [0.1, 0.15) is 34.3 Å². The highest BCUT2D eigenvalue weighted by atomic mass is 79.9. The lowest BCUT2D eigenvalue weighted by Gasteiger charge is -2.42. The highest BCUT2D eigenvalue weighted by Crippen LogP contribution is 2.32. The van der Waals surface area contributed by atoms with Gasteiger partial charge in [-0.15, -0.1) is 0 Å². The molecule has 0 amide bonds. The van der Waals surface area contributed by atoms with Gasteiger partial charge in [-0.1, -0.05) is 117 Å². The molecule has 0 spiro atoms. The second-order valence-electron chi connectivity index (χ2n) is 8.41. The quantitative estimate of drug-likeness (QED) is 0.276. The Bertz CT molecular complexity index is 1150. The third-order valence-electron chi connectivity index (χ3n) is 5.94. The Hall–Kier alpha value is -2.28. The van der Waals surface area contributed by atoms with Gasteiger partial charge in [0.1, 0.15) is 0 Å². The molecule has 0 bridgehead atoms. The van der Waals surface area contributed by atoms with Gasteiger partial charge in [0, 0.05) is 22.0 Å². The first-order chi connectivity index (χ1) is 16.5. The maximum Gasteiger partial charge on any atom is 0.0794 e. The standard InChI is InChI=1S/C16H16BrNO.C13H12BrN/c17-14-8-6-13(7-9-14)16(18-10-15(19)11-18)12-4-2-1-3-5-12;14-12-8-6-11(7-9-12)13(15)10-4-2-1-3-5-10/h1-9,15-16,19H,10-11H2;1-9,13H,15H2/t16-;13-/m00/s1. The number of aliphatic hydroxyl groups excluding tert-OH is 1. The summed E-state index contributed by atoms with van der Waals surface area (Å²) in [6, 6.07) is 37.3. The molecule has 0 aliphatic carbocycles. The topological polar surface area (TPSA) is 49.5 Å². The molecular weight excluding hydrogens is 552 g/mol. The molecule has 1 saturated heterocycles. The van der Waals surface area contributed by atoms with Crippen LogP contribution in [0.4, 0.5) is 0 Å². The van der Waals surface area contributed by atoms with Crippen molar-refractivity contribution in [3.05, 3.63) is 140 Å². The predicted octanol–water partition coefficient (Wildman–Crippen LogP) is 6.71. The minimum absolute atomic E-state index is 0.0423. The van der Waals surface area contributed by atoms with Crippen molar-refractivity contribution in [2.45, 2.75) is 18.2 Å². The summed E-state index contributed by atoms with van der Waals surface area (Å²) in [5, 5.41) is 9.56. The van der Waals surface area contributed by atoms with Crippen molar-refractivity contribution in [3.8, 4) is 0 Å². The summed E-state index contributed by atoms with van der Waals surface area (Å²) in [5.41, 5.74) is 11.0. The lowest BCUT2D eigenvalue weighted by molar-refractivity contribution is -0.0160.